The van der Waals surface area contributed by atoms with Crippen molar-refractivity contribution in [3.63, 3.8) is 0 Å². The highest BCUT2D eigenvalue weighted by Gasteiger charge is 2.04. The number of halogens is 1. The fourth-order valence-electron chi connectivity index (χ4n) is 1.34. The molecule has 0 aliphatic carbocycles. The molecule has 1 rings (SSSR count). The van der Waals surface area contributed by atoms with Gasteiger partial charge in [-0.25, -0.2) is 0 Å². The van der Waals surface area contributed by atoms with Crippen LogP contribution in [0.15, 0.2) is 24.3 Å². The van der Waals surface area contributed by atoms with E-state index in [4.69, 9.17) is 11.6 Å². The van der Waals surface area contributed by atoms with E-state index in [1.54, 1.807) is 36.0 Å². The van der Waals surface area contributed by atoms with Crippen LogP contribution in [0, 0.1) is 0 Å². The fourth-order valence-corrected chi connectivity index (χ4v) is 2.37. The first-order valence-electron chi connectivity index (χ1n) is 5.60. The molecule has 0 amide bonds. The van der Waals surface area contributed by atoms with Crippen LogP contribution in [-0.2, 0) is 0 Å². The smallest absolute Gasteiger partial charge is 0.172 e. The van der Waals surface area contributed by atoms with E-state index in [0.717, 1.165) is 11.3 Å². The number of hydrogen-bond acceptors (Lipinski definition) is 2. The second-order valence-corrected chi connectivity index (χ2v) is 5.23. The van der Waals surface area contributed by atoms with Crippen LogP contribution in [0.1, 0.15) is 36.5 Å². The Balaban J connectivity index is 2.27. The summed E-state index contributed by atoms with van der Waals surface area (Å²) in [4.78, 5) is 11.7. The summed E-state index contributed by atoms with van der Waals surface area (Å²) in [6.45, 7) is 2.18. The third-order valence-corrected chi connectivity index (χ3v) is 3.59. The van der Waals surface area contributed by atoms with Crippen LogP contribution in [-0.4, -0.2) is 17.3 Å². The molecule has 0 saturated heterocycles. The van der Waals surface area contributed by atoms with Gasteiger partial charge in [-0.05, 0) is 36.4 Å². The lowest BCUT2D eigenvalue weighted by molar-refractivity contribution is 0.102. The maximum atomic E-state index is 11.7. The van der Waals surface area contributed by atoms with E-state index in [1.165, 1.54) is 19.3 Å². The van der Waals surface area contributed by atoms with Crippen molar-refractivity contribution in [2.75, 3.05) is 11.5 Å². The number of carbonyl (C=O) groups excluding carboxylic acids is 1. The van der Waals surface area contributed by atoms with Gasteiger partial charge in [-0.2, -0.15) is 11.8 Å². The van der Waals surface area contributed by atoms with Crippen molar-refractivity contribution in [2.24, 2.45) is 0 Å². The van der Waals surface area contributed by atoms with Crippen LogP contribution in [0.2, 0.25) is 5.02 Å². The van der Waals surface area contributed by atoms with Gasteiger partial charge in [0, 0.05) is 10.6 Å². The highest BCUT2D eigenvalue weighted by atomic mass is 35.5. The molecule has 16 heavy (non-hydrogen) atoms. The Morgan fingerprint density at radius 1 is 1.25 bits per heavy atom. The van der Waals surface area contributed by atoms with E-state index < -0.39 is 0 Å². The van der Waals surface area contributed by atoms with E-state index in [0.29, 0.717) is 10.8 Å². The van der Waals surface area contributed by atoms with Crippen molar-refractivity contribution in [3.05, 3.63) is 34.9 Å². The second-order valence-electron chi connectivity index (χ2n) is 3.69. The van der Waals surface area contributed by atoms with Crippen molar-refractivity contribution >= 4 is 29.1 Å². The predicted molar refractivity (Wildman–Crippen MR) is 72.6 cm³/mol. The van der Waals surface area contributed by atoms with Gasteiger partial charge in [0.25, 0.3) is 0 Å². The number of Topliss-reactive ketones (excluding diaryl/α,β-unsaturated/α-hetero) is 1. The molecular weight excluding hydrogens is 240 g/mol. The zero-order chi connectivity index (χ0) is 11.8. The van der Waals surface area contributed by atoms with E-state index in [-0.39, 0.29) is 5.78 Å². The summed E-state index contributed by atoms with van der Waals surface area (Å²) < 4.78 is 0. The number of ketones is 1. The quantitative estimate of drug-likeness (QED) is 0.530. The van der Waals surface area contributed by atoms with Gasteiger partial charge in [0.2, 0.25) is 0 Å². The molecule has 0 aromatic heterocycles. The molecule has 3 heteroatoms. The number of carbonyl (C=O) groups is 1. The van der Waals surface area contributed by atoms with Gasteiger partial charge in [0.05, 0.1) is 5.75 Å². The van der Waals surface area contributed by atoms with Gasteiger partial charge in [0.15, 0.2) is 5.78 Å². The van der Waals surface area contributed by atoms with Crippen LogP contribution >= 0.6 is 23.4 Å². The molecule has 0 heterocycles. The predicted octanol–water partition coefficient (Wildman–Crippen LogP) is 4.45. The summed E-state index contributed by atoms with van der Waals surface area (Å²) in [5.41, 5.74) is 0.757. The second kappa shape index (κ2) is 7.75. The van der Waals surface area contributed by atoms with Crippen molar-refractivity contribution in [1.29, 1.82) is 0 Å². The Kier molecular flexibility index (Phi) is 6.58. The number of thioether (sulfide) groups is 1. The molecule has 88 valence electrons. The molecule has 0 atom stereocenters. The molecule has 0 spiro atoms. The largest absolute Gasteiger partial charge is 0.293 e. The number of benzene rings is 1. The monoisotopic (exact) mass is 256 g/mol. The molecule has 1 nitrogen and oxygen atoms in total. The molecule has 0 radical (unpaired) electrons. The molecule has 0 aliphatic rings. The number of hydrogen-bond donors (Lipinski definition) is 0. The zero-order valence-corrected chi connectivity index (χ0v) is 11.1. The lowest BCUT2D eigenvalue weighted by Crippen LogP contribution is -2.02. The fraction of sp³-hybridized carbons (Fsp3) is 0.462. The average Bonchev–Trinajstić information content (AvgIpc) is 2.29. The molecular formula is C13H17ClOS. The van der Waals surface area contributed by atoms with Crippen molar-refractivity contribution in [2.45, 2.75) is 26.2 Å². The summed E-state index contributed by atoms with van der Waals surface area (Å²) in [5.74, 6) is 1.84. The number of rotatable bonds is 7. The lowest BCUT2D eigenvalue weighted by Gasteiger charge is -2.01. The molecule has 0 aliphatic heterocycles. The third-order valence-electron chi connectivity index (χ3n) is 2.29. The zero-order valence-electron chi connectivity index (χ0n) is 9.54. The maximum absolute atomic E-state index is 11.7. The van der Waals surface area contributed by atoms with Crippen molar-refractivity contribution in [3.8, 4) is 0 Å². The van der Waals surface area contributed by atoms with Crippen molar-refractivity contribution < 1.29 is 4.79 Å². The first-order chi connectivity index (χ1) is 7.74. The van der Waals surface area contributed by atoms with E-state index in [1.807, 2.05) is 0 Å². The summed E-state index contributed by atoms with van der Waals surface area (Å²) in [6, 6.07) is 7.10. The van der Waals surface area contributed by atoms with E-state index >= 15 is 0 Å². The van der Waals surface area contributed by atoms with Crippen molar-refractivity contribution in [1.82, 2.24) is 0 Å². The summed E-state index contributed by atoms with van der Waals surface area (Å²) in [7, 11) is 0. The number of unbranched alkanes of at least 4 members (excludes halogenated alkanes) is 2. The first kappa shape index (κ1) is 13.6. The van der Waals surface area contributed by atoms with Gasteiger partial charge in [-0.15, -0.1) is 0 Å². The van der Waals surface area contributed by atoms with Crippen LogP contribution in [0.5, 0.6) is 0 Å². The van der Waals surface area contributed by atoms with Crippen LogP contribution in [0.4, 0.5) is 0 Å². The summed E-state index contributed by atoms with van der Waals surface area (Å²) >= 11 is 7.48. The van der Waals surface area contributed by atoms with Gasteiger partial charge in [-0.1, -0.05) is 31.4 Å². The minimum absolute atomic E-state index is 0.193. The van der Waals surface area contributed by atoms with Crippen LogP contribution < -0.4 is 0 Å². The molecule has 0 unspecified atom stereocenters. The average molecular weight is 257 g/mol. The molecule has 0 fully saturated rings. The highest BCUT2D eigenvalue weighted by molar-refractivity contribution is 7.99. The molecule has 0 bridgehead atoms. The SMILES string of the molecule is CCCCCSCC(=O)c1ccc(Cl)cc1. The summed E-state index contributed by atoms with van der Waals surface area (Å²) in [6.07, 6.45) is 3.68. The maximum Gasteiger partial charge on any atom is 0.172 e. The normalized spacial score (nSPS) is 10.4. The molecule has 1 aromatic rings. The van der Waals surface area contributed by atoms with E-state index in [2.05, 4.69) is 6.92 Å². The summed E-state index contributed by atoms with van der Waals surface area (Å²) in [5, 5.41) is 0.673. The minimum Gasteiger partial charge on any atom is -0.293 e. The Hall–Kier alpha value is -0.470. The standard InChI is InChI=1S/C13H17ClOS/c1-2-3-4-9-16-10-13(15)11-5-7-12(14)8-6-11/h5-8H,2-4,9-10H2,1H3. The van der Waals surface area contributed by atoms with Gasteiger partial charge in [-0.3, -0.25) is 4.79 Å². The Bertz CT molecular complexity index is 321. The van der Waals surface area contributed by atoms with Gasteiger partial charge >= 0.3 is 0 Å². The van der Waals surface area contributed by atoms with Crippen LogP contribution in [0.25, 0.3) is 0 Å². The first-order valence-corrected chi connectivity index (χ1v) is 7.14. The van der Waals surface area contributed by atoms with E-state index in [9.17, 15) is 4.79 Å². The van der Waals surface area contributed by atoms with Gasteiger partial charge in [0.1, 0.15) is 0 Å². The third kappa shape index (κ3) is 5.04. The Morgan fingerprint density at radius 3 is 2.56 bits per heavy atom. The lowest BCUT2D eigenvalue weighted by atomic mass is 10.1. The highest BCUT2D eigenvalue weighted by Crippen LogP contribution is 2.13. The topological polar surface area (TPSA) is 17.1 Å². The van der Waals surface area contributed by atoms with Crippen LogP contribution in [0.3, 0.4) is 0 Å². The molecule has 0 saturated carbocycles. The minimum atomic E-state index is 0.193. The molecule has 0 N–H and O–H groups in total. The molecule has 1 aromatic carbocycles. The Labute approximate surface area is 107 Å². The Morgan fingerprint density at radius 2 is 1.94 bits per heavy atom. The van der Waals surface area contributed by atoms with Gasteiger partial charge < -0.3 is 0 Å².